The van der Waals surface area contributed by atoms with Crippen LogP contribution in [0.15, 0.2) is 17.1 Å². The molecule has 0 amide bonds. The SMILES string of the molecule is C1=CCCCN=C1. The molecule has 0 aromatic heterocycles. The average molecular weight is 95.1 g/mol. The Bertz CT molecular complexity index is 80.4. The number of allylic oxidation sites excluding steroid dienone is 2. The standard InChI is InChI=1S/C6H9N/c1-2-4-6-7-5-3-1/h1,3,5H,2,4,6H2. The van der Waals surface area contributed by atoms with Crippen LogP contribution in [0.2, 0.25) is 0 Å². The van der Waals surface area contributed by atoms with Gasteiger partial charge in [0, 0.05) is 12.8 Å². The minimum atomic E-state index is 1.01. The Balaban J connectivity index is 2.39. The lowest BCUT2D eigenvalue weighted by atomic mass is 10.3. The molecule has 0 spiro atoms. The van der Waals surface area contributed by atoms with Crippen molar-refractivity contribution in [1.29, 1.82) is 0 Å². The fourth-order valence-electron chi connectivity index (χ4n) is 0.593. The second-order valence-corrected chi connectivity index (χ2v) is 1.63. The van der Waals surface area contributed by atoms with Crippen LogP contribution in [0.5, 0.6) is 0 Å². The first-order valence-corrected chi connectivity index (χ1v) is 2.65. The summed E-state index contributed by atoms with van der Waals surface area (Å²) < 4.78 is 0. The van der Waals surface area contributed by atoms with Crippen LogP contribution in [0.1, 0.15) is 12.8 Å². The Morgan fingerprint density at radius 1 is 1.43 bits per heavy atom. The first-order chi connectivity index (χ1) is 3.50. The van der Waals surface area contributed by atoms with Crippen LogP contribution in [-0.4, -0.2) is 12.8 Å². The van der Waals surface area contributed by atoms with Gasteiger partial charge in [0.15, 0.2) is 0 Å². The summed E-state index contributed by atoms with van der Waals surface area (Å²) in [7, 11) is 0. The van der Waals surface area contributed by atoms with Crippen LogP contribution in [0, 0.1) is 0 Å². The molecule has 0 aromatic rings. The summed E-state index contributed by atoms with van der Waals surface area (Å²) in [5.41, 5.74) is 0. The molecule has 0 saturated carbocycles. The minimum absolute atomic E-state index is 1.01. The van der Waals surface area contributed by atoms with Crippen LogP contribution in [0.25, 0.3) is 0 Å². The van der Waals surface area contributed by atoms with E-state index in [4.69, 9.17) is 0 Å². The Morgan fingerprint density at radius 3 is 3.43 bits per heavy atom. The van der Waals surface area contributed by atoms with Gasteiger partial charge in [-0.1, -0.05) is 6.08 Å². The monoisotopic (exact) mass is 95.1 g/mol. The zero-order valence-electron chi connectivity index (χ0n) is 4.30. The molecule has 1 heterocycles. The normalized spacial score (nSPS) is 19.4. The number of rotatable bonds is 0. The Labute approximate surface area is 43.8 Å². The maximum atomic E-state index is 4.06. The maximum Gasteiger partial charge on any atom is 0.0392 e. The van der Waals surface area contributed by atoms with E-state index in [9.17, 15) is 0 Å². The van der Waals surface area contributed by atoms with E-state index in [-0.39, 0.29) is 0 Å². The lowest BCUT2D eigenvalue weighted by Crippen LogP contribution is -1.73. The van der Waals surface area contributed by atoms with E-state index in [1.54, 1.807) is 0 Å². The van der Waals surface area contributed by atoms with E-state index in [0.717, 1.165) is 6.54 Å². The van der Waals surface area contributed by atoms with Crippen LogP contribution in [-0.2, 0) is 0 Å². The molecule has 0 N–H and O–H groups in total. The number of nitrogens with zero attached hydrogens (tertiary/aromatic N) is 1. The first-order valence-electron chi connectivity index (χ1n) is 2.65. The van der Waals surface area contributed by atoms with Gasteiger partial charge in [-0.05, 0) is 18.9 Å². The van der Waals surface area contributed by atoms with Gasteiger partial charge >= 0.3 is 0 Å². The minimum Gasteiger partial charge on any atom is -0.293 e. The molecule has 1 aliphatic rings. The van der Waals surface area contributed by atoms with Gasteiger partial charge in [0.2, 0.25) is 0 Å². The number of hydrogen-bond donors (Lipinski definition) is 0. The molecule has 0 aliphatic carbocycles. The van der Waals surface area contributed by atoms with Crippen molar-refractivity contribution in [3.05, 3.63) is 12.2 Å². The molecule has 1 rings (SSSR count). The Hall–Kier alpha value is -0.590. The second-order valence-electron chi connectivity index (χ2n) is 1.63. The molecular weight excluding hydrogens is 86.1 g/mol. The molecular formula is C6H9N. The van der Waals surface area contributed by atoms with E-state index < -0.39 is 0 Å². The van der Waals surface area contributed by atoms with Crippen LogP contribution in [0.3, 0.4) is 0 Å². The third kappa shape index (κ3) is 1.53. The molecule has 0 bridgehead atoms. The van der Waals surface area contributed by atoms with Crippen molar-refractivity contribution in [1.82, 2.24) is 0 Å². The smallest absolute Gasteiger partial charge is 0.0392 e. The molecule has 1 heteroatoms. The predicted octanol–water partition coefficient (Wildman–Crippen LogP) is 1.41. The Morgan fingerprint density at radius 2 is 2.43 bits per heavy atom. The predicted molar refractivity (Wildman–Crippen MR) is 31.7 cm³/mol. The lowest BCUT2D eigenvalue weighted by molar-refractivity contribution is 0.866. The molecule has 0 aromatic carbocycles. The molecule has 0 fully saturated rings. The quantitative estimate of drug-likeness (QED) is 0.431. The van der Waals surface area contributed by atoms with Crippen molar-refractivity contribution < 1.29 is 0 Å². The van der Waals surface area contributed by atoms with E-state index in [1.165, 1.54) is 12.8 Å². The number of hydrogen-bond acceptors (Lipinski definition) is 1. The van der Waals surface area contributed by atoms with Crippen molar-refractivity contribution in [2.75, 3.05) is 6.54 Å². The van der Waals surface area contributed by atoms with Crippen LogP contribution in [0.4, 0.5) is 0 Å². The molecule has 0 atom stereocenters. The van der Waals surface area contributed by atoms with Crippen LogP contribution >= 0.6 is 0 Å². The highest BCUT2D eigenvalue weighted by molar-refractivity contribution is 5.71. The second kappa shape index (κ2) is 2.56. The summed E-state index contributed by atoms with van der Waals surface area (Å²) in [4.78, 5) is 4.06. The third-order valence-electron chi connectivity index (χ3n) is 0.986. The van der Waals surface area contributed by atoms with E-state index in [2.05, 4.69) is 11.1 Å². The molecule has 0 saturated heterocycles. The fourth-order valence-corrected chi connectivity index (χ4v) is 0.593. The van der Waals surface area contributed by atoms with Gasteiger partial charge in [0.1, 0.15) is 0 Å². The van der Waals surface area contributed by atoms with E-state index >= 15 is 0 Å². The van der Waals surface area contributed by atoms with E-state index in [0.29, 0.717) is 0 Å². The molecule has 0 unspecified atom stereocenters. The van der Waals surface area contributed by atoms with Gasteiger partial charge in [-0.2, -0.15) is 0 Å². The van der Waals surface area contributed by atoms with Gasteiger partial charge in [-0.25, -0.2) is 0 Å². The van der Waals surface area contributed by atoms with Crippen molar-refractivity contribution in [3.63, 3.8) is 0 Å². The lowest BCUT2D eigenvalue weighted by Gasteiger charge is -1.81. The fraction of sp³-hybridized carbons (Fsp3) is 0.500. The van der Waals surface area contributed by atoms with Crippen LogP contribution < -0.4 is 0 Å². The zero-order valence-corrected chi connectivity index (χ0v) is 4.30. The summed E-state index contributed by atoms with van der Waals surface area (Å²) in [5, 5.41) is 0. The number of aliphatic imine (C=N–C) groups is 1. The molecule has 7 heavy (non-hydrogen) atoms. The highest BCUT2D eigenvalue weighted by atomic mass is 14.7. The molecule has 0 radical (unpaired) electrons. The van der Waals surface area contributed by atoms with Crippen molar-refractivity contribution in [2.45, 2.75) is 12.8 Å². The van der Waals surface area contributed by atoms with E-state index in [1.807, 2.05) is 12.3 Å². The summed E-state index contributed by atoms with van der Waals surface area (Å²) in [6.07, 6.45) is 8.43. The van der Waals surface area contributed by atoms with Crippen molar-refractivity contribution in [2.24, 2.45) is 4.99 Å². The highest BCUT2D eigenvalue weighted by Crippen LogP contribution is 1.93. The topological polar surface area (TPSA) is 12.4 Å². The molecule has 38 valence electrons. The van der Waals surface area contributed by atoms with Gasteiger partial charge < -0.3 is 0 Å². The van der Waals surface area contributed by atoms with Gasteiger partial charge in [0.25, 0.3) is 0 Å². The summed E-state index contributed by atoms with van der Waals surface area (Å²) >= 11 is 0. The van der Waals surface area contributed by atoms with Crippen molar-refractivity contribution in [3.8, 4) is 0 Å². The highest BCUT2D eigenvalue weighted by Gasteiger charge is 1.81. The van der Waals surface area contributed by atoms with Crippen molar-refractivity contribution >= 4 is 6.21 Å². The largest absolute Gasteiger partial charge is 0.293 e. The van der Waals surface area contributed by atoms with Gasteiger partial charge in [0.05, 0.1) is 0 Å². The summed E-state index contributed by atoms with van der Waals surface area (Å²) in [6.45, 7) is 1.01. The van der Waals surface area contributed by atoms with Gasteiger partial charge in [-0.3, -0.25) is 4.99 Å². The summed E-state index contributed by atoms with van der Waals surface area (Å²) in [6, 6.07) is 0. The molecule has 1 nitrogen and oxygen atoms in total. The maximum absolute atomic E-state index is 4.06. The average Bonchev–Trinajstić information content (AvgIpc) is 1.90. The Kier molecular flexibility index (Phi) is 1.67. The van der Waals surface area contributed by atoms with Gasteiger partial charge in [-0.15, -0.1) is 0 Å². The first kappa shape index (κ1) is 4.57. The molecule has 1 aliphatic heterocycles. The summed E-state index contributed by atoms with van der Waals surface area (Å²) in [5.74, 6) is 0. The zero-order chi connectivity index (χ0) is 4.95. The third-order valence-corrected chi connectivity index (χ3v) is 0.986.